The highest BCUT2D eigenvalue weighted by atomic mass is 35.5. The molecule has 2 aromatic rings. The summed E-state index contributed by atoms with van der Waals surface area (Å²) in [5.41, 5.74) is 0.996. The van der Waals surface area contributed by atoms with Gasteiger partial charge in [-0.05, 0) is 45.4 Å². The van der Waals surface area contributed by atoms with Gasteiger partial charge in [-0.3, -0.25) is 19.7 Å². The van der Waals surface area contributed by atoms with E-state index >= 15 is 0 Å². The summed E-state index contributed by atoms with van der Waals surface area (Å²) in [7, 11) is 0. The predicted molar refractivity (Wildman–Crippen MR) is 134 cm³/mol. The molecule has 0 saturated carbocycles. The Hall–Kier alpha value is -2.29. The molecule has 7 nitrogen and oxygen atoms in total. The van der Waals surface area contributed by atoms with Crippen LogP contribution in [0.2, 0.25) is 10.0 Å². The van der Waals surface area contributed by atoms with Crippen LogP contribution in [0, 0.1) is 10.1 Å². The number of thioether (sulfide) groups is 1. The highest BCUT2D eigenvalue weighted by Crippen LogP contribution is 2.27. The van der Waals surface area contributed by atoms with E-state index in [9.17, 15) is 19.7 Å². The lowest BCUT2D eigenvalue weighted by Crippen LogP contribution is -2.52. The number of amides is 2. The van der Waals surface area contributed by atoms with Crippen molar-refractivity contribution < 1.29 is 14.5 Å². The number of carbonyl (C=O) groups excluding carboxylic acids is 2. The Bertz CT molecular complexity index is 990. The molecule has 0 saturated heterocycles. The second-order valence-corrected chi connectivity index (χ2v) is 10.4. The molecule has 0 aromatic heterocycles. The van der Waals surface area contributed by atoms with Crippen molar-refractivity contribution in [3.8, 4) is 0 Å². The largest absolute Gasteiger partial charge is 0.350 e. The van der Waals surface area contributed by atoms with Crippen molar-refractivity contribution in [1.29, 1.82) is 0 Å². The molecule has 2 amide bonds. The predicted octanol–water partition coefficient (Wildman–Crippen LogP) is 5.47. The van der Waals surface area contributed by atoms with Crippen LogP contribution < -0.4 is 5.32 Å². The summed E-state index contributed by atoms with van der Waals surface area (Å²) in [6.45, 7) is 7.37. The highest BCUT2D eigenvalue weighted by Gasteiger charge is 2.29. The normalized spacial score (nSPS) is 12.2. The Morgan fingerprint density at radius 2 is 1.70 bits per heavy atom. The summed E-state index contributed by atoms with van der Waals surface area (Å²) >= 11 is 14.0. The fourth-order valence-corrected chi connectivity index (χ4v) is 4.35. The third-order valence-corrected chi connectivity index (χ3v) is 6.39. The average molecular weight is 512 g/mol. The molecule has 2 rings (SSSR count). The van der Waals surface area contributed by atoms with E-state index in [0.29, 0.717) is 21.4 Å². The number of non-ortho nitro benzene ring substituents is 1. The summed E-state index contributed by atoms with van der Waals surface area (Å²) in [6, 6.07) is 10.5. The Morgan fingerprint density at radius 1 is 1.12 bits per heavy atom. The van der Waals surface area contributed by atoms with Crippen LogP contribution >= 0.6 is 35.0 Å². The van der Waals surface area contributed by atoms with E-state index < -0.39 is 16.5 Å². The first kappa shape index (κ1) is 27.0. The maximum absolute atomic E-state index is 13.2. The highest BCUT2D eigenvalue weighted by molar-refractivity contribution is 7.99. The van der Waals surface area contributed by atoms with Gasteiger partial charge in [0.25, 0.3) is 5.69 Å². The van der Waals surface area contributed by atoms with Crippen molar-refractivity contribution in [2.75, 3.05) is 5.75 Å². The van der Waals surface area contributed by atoms with Crippen LogP contribution in [-0.2, 0) is 21.9 Å². The van der Waals surface area contributed by atoms with Crippen LogP contribution in [0.4, 0.5) is 5.69 Å². The zero-order valence-corrected chi connectivity index (χ0v) is 21.3. The minimum Gasteiger partial charge on any atom is -0.350 e. The summed E-state index contributed by atoms with van der Waals surface area (Å²) in [4.78, 5) is 37.8. The first-order chi connectivity index (χ1) is 15.4. The quantitative estimate of drug-likeness (QED) is 0.356. The zero-order valence-electron chi connectivity index (χ0n) is 18.9. The third-order valence-electron chi connectivity index (χ3n) is 4.70. The molecule has 178 valence electrons. The van der Waals surface area contributed by atoms with Crippen LogP contribution in [0.3, 0.4) is 0 Å². The van der Waals surface area contributed by atoms with E-state index in [-0.39, 0.29) is 29.8 Å². The lowest BCUT2D eigenvalue weighted by atomic mass is 10.1. The van der Waals surface area contributed by atoms with Gasteiger partial charge in [0.05, 0.1) is 10.7 Å². The van der Waals surface area contributed by atoms with Crippen molar-refractivity contribution in [3.63, 3.8) is 0 Å². The van der Waals surface area contributed by atoms with Crippen LogP contribution in [-0.4, -0.2) is 39.0 Å². The molecule has 0 fully saturated rings. The maximum Gasteiger partial charge on any atom is 0.269 e. The number of benzene rings is 2. The van der Waals surface area contributed by atoms with E-state index in [0.717, 1.165) is 5.56 Å². The van der Waals surface area contributed by atoms with Gasteiger partial charge in [-0.1, -0.05) is 41.4 Å². The van der Waals surface area contributed by atoms with E-state index in [2.05, 4.69) is 5.32 Å². The number of carbonyl (C=O) groups is 2. The molecule has 10 heteroatoms. The number of nitrogens with zero attached hydrogens (tertiary/aromatic N) is 2. The lowest BCUT2D eigenvalue weighted by Gasteiger charge is -2.32. The fraction of sp³-hybridized carbons (Fsp3) is 0.391. The zero-order chi connectivity index (χ0) is 24.8. The molecule has 1 atom stereocenters. The van der Waals surface area contributed by atoms with Crippen molar-refractivity contribution in [2.24, 2.45) is 0 Å². The van der Waals surface area contributed by atoms with Gasteiger partial charge in [0.1, 0.15) is 6.04 Å². The van der Waals surface area contributed by atoms with Gasteiger partial charge in [0, 0.05) is 45.6 Å². The molecule has 0 bridgehead atoms. The summed E-state index contributed by atoms with van der Waals surface area (Å²) in [5, 5.41) is 14.5. The van der Waals surface area contributed by atoms with Gasteiger partial charge >= 0.3 is 0 Å². The number of nitro benzene ring substituents is 1. The molecule has 0 unspecified atom stereocenters. The number of rotatable bonds is 9. The Kier molecular flexibility index (Phi) is 9.57. The third kappa shape index (κ3) is 8.21. The first-order valence-electron chi connectivity index (χ1n) is 10.2. The SMILES string of the molecule is C[C@H](C(=O)NC(C)(C)C)N(Cc1c(Cl)cccc1Cl)C(=O)CSCc1ccc([N+](=O)[O-])cc1. The van der Waals surface area contributed by atoms with Crippen LogP contribution in [0.25, 0.3) is 0 Å². The molecule has 33 heavy (non-hydrogen) atoms. The summed E-state index contributed by atoms with van der Waals surface area (Å²) in [5.74, 6) is 0.0907. The van der Waals surface area contributed by atoms with Crippen LogP contribution in [0.1, 0.15) is 38.8 Å². The van der Waals surface area contributed by atoms with Gasteiger partial charge in [0.15, 0.2) is 0 Å². The Labute approximate surface area is 208 Å². The van der Waals surface area contributed by atoms with E-state index in [1.54, 1.807) is 37.3 Å². The van der Waals surface area contributed by atoms with Gasteiger partial charge in [-0.25, -0.2) is 0 Å². The molecule has 1 N–H and O–H groups in total. The average Bonchev–Trinajstić information content (AvgIpc) is 2.72. The Morgan fingerprint density at radius 3 is 2.21 bits per heavy atom. The number of nitro groups is 1. The van der Waals surface area contributed by atoms with Crippen molar-refractivity contribution >= 4 is 52.5 Å². The van der Waals surface area contributed by atoms with Gasteiger partial charge < -0.3 is 10.2 Å². The monoisotopic (exact) mass is 511 g/mol. The standard InChI is InChI=1S/C23H27Cl2N3O4S/c1-15(22(30)26-23(2,3)4)27(12-18-19(24)6-5-7-20(18)25)21(29)14-33-13-16-8-10-17(11-9-16)28(31)32/h5-11,15H,12-14H2,1-4H3,(H,26,30)/t15-/m1/s1. The maximum atomic E-state index is 13.2. The minimum atomic E-state index is -0.746. The second-order valence-electron chi connectivity index (χ2n) is 8.55. The number of hydrogen-bond donors (Lipinski definition) is 1. The lowest BCUT2D eigenvalue weighted by molar-refractivity contribution is -0.384. The van der Waals surface area contributed by atoms with Crippen molar-refractivity contribution in [1.82, 2.24) is 10.2 Å². The smallest absolute Gasteiger partial charge is 0.269 e. The summed E-state index contributed by atoms with van der Waals surface area (Å²) in [6.07, 6.45) is 0. The number of hydrogen-bond acceptors (Lipinski definition) is 5. The van der Waals surface area contributed by atoms with Gasteiger partial charge in [-0.2, -0.15) is 0 Å². The van der Waals surface area contributed by atoms with Crippen LogP contribution in [0.15, 0.2) is 42.5 Å². The van der Waals surface area contributed by atoms with Crippen molar-refractivity contribution in [2.45, 2.75) is 51.6 Å². The topological polar surface area (TPSA) is 92.6 Å². The van der Waals surface area contributed by atoms with Crippen molar-refractivity contribution in [3.05, 3.63) is 73.8 Å². The molecular weight excluding hydrogens is 485 g/mol. The Balaban J connectivity index is 2.14. The molecule has 0 spiro atoms. The molecule has 0 aliphatic carbocycles. The molecule has 0 aliphatic rings. The number of halogens is 2. The number of nitrogens with one attached hydrogen (secondary N) is 1. The molecule has 2 aromatic carbocycles. The second kappa shape index (κ2) is 11.7. The first-order valence-corrected chi connectivity index (χ1v) is 12.2. The van der Waals surface area contributed by atoms with E-state index in [1.807, 2.05) is 20.8 Å². The van der Waals surface area contributed by atoms with Crippen LogP contribution in [0.5, 0.6) is 0 Å². The molecule has 0 aliphatic heterocycles. The minimum absolute atomic E-state index is 0.0151. The molecular formula is C23H27Cl2N3O4S. The molecule has 0 heterocycles. The summed E-state index contributed by atoms with van der Waals surface area (Å²) < 4.78 is 0. The fourth-order valence-electron chi connectivity index (χ4n) is 2.96. The molecule has 0 radical (unpaired) electrons. The van der Waals surface area contributed by atoms with E-state index in [1.165, 1.54) is 28.8 Å². The van der Waals surface area contributed by atoms with Gasteiger partial charge in [0.2, 0.25) is 11.8 Å². The van der Waals surface area contributed by atoms with E-state index in [4.69, 9.17) is 23.2 Å². The van der Waals surface area contributed by atoms with Gasteiger partial charge in [-0.15, -0.1) is 11.8 Å².